The van der Waals surface area contributed by atoms with Crippen LogP contribution in [0.4, 0.5) is 0 Å². The molecule has 0 N–H and O–H groups in total. The maximum atomic E-state index is 5.09. The van der Waals surface area contributed by atoms with Crippen LogP contribution < -0.4 is 0 Å². The Labute approximate surface area is 100 Å². The Balaban J connectivity index is 1.85. The Morgan fingerprint density at radius 2 is 2.29 bits per heavy atom. The van der Waals surface area contributed by atoms with Crippen LogP contribution in [-0.4, -0.2) is 28.5 Å². The number of nitrogens with zero attached hydrogens (tertiary/aromatic N) is 3. The number of methoxy groups -OCH3 is 1. The molecule has 0 radical (unpaired) electrons. The molecule has 0 saturated heterocycles. The topological polar surface area (TPSA) is 39.9 Å². The maximum absolute atomic E-state index is 5.09. The van der Waals surface area contributed by atoms with Crippen molar-refractivity contribution in [2.45, 2.75) is 18.9 Å². The molecule has 1 aliphatic carbocycles. The third-order valence-corrected chi connectivity index (χ3v) is 3.35. The lowest BCUT2D eigenvalue weighted by Gasteiger charge is -2.29. The zero-order valence-electron chi connectivity index (χ0n) is 9.84. The van der Waals surface area contributed by atoms with E-state index in [1.54, 1.807) is 13.4 Å². The number of rotatable bonds is 4. The summed E-state index contributed by atoms with van der Waals surface area (Å²) >= 11 is 0. The quantitative estimate of drug-likeness (QED) is 0.799. The van der Waals surface area contributed by atoms with Crippen molar-refractivity contribution in [3.05, 3.63) is 47.5 Å². The summed E-state index contributed by atoms with van der Waals surface area (Å²) in [5.41, 5.74) is 2.82. The highest BCUT2D eigenvalue weighted by Gasteiger charge is 2.30. The summed E-state index contributed by atoms with van der Waals surface area (Å²) in [4.78, 5) is 0. The summed E-state index contributed by atoms with van der Waals surface area (Å²) in [6.07, 6.45) is 2.86. The number of benzene rings is 1. The Morgan fingerprint density at radius 1 is 1.41 bits per heavy atom. The zero-order chi connectivity index (χ0) is 11.7. The van der Waals surface area contributed by atoms with E-state index in [4.69, 9.17) is 4.74 Å². The van der Waals surface area contributed by atoms with Gasteiger partial charge >= 0.3 is 0 Å². The SMILES string of the molecule is COCCn1cnnc1C1Cc2ccccc21. The predicted molar refractivity (Wildman–Crippen MR) is 63.9 cm³/mol. The zero-order valence-corrected chi connectivity index (χ0v) is 9.84. The third kappa shape index (κ3) is 1.74. The van der Waals surface area contributed by atoms with Gasteiger partial charge in [0.1, 0.15) is 12.2 Å². The number of hydrogen-bond donors (Lipinski definition) is 0. The van der Waals surface area contributed by atoms with Gasteiger partial charge in [-0.05, 0) is 17.5 Å². The molecule has 1 unspecified atom stereocenters. The first-order valence-corrected chi connectivity index (χ1v) is 5.84. The fourth-order valence-electron chi connectivity index (χ4n) is 2.38. The number of aromatic nitrogens is 3. The number of hydrogen-bond acceptors (Lipinski definition) is 3. The van der Waals surface area contributed by atoms with Gasteiger partial charge in [0.15, 0.2) is 0 Å². The van der Waals surface area contributed by atoms with Crippen molar-refractivity contribution >= 4 is 0 Å². The molecule has 0 saturated carbocycles. The molecule has 1 aliphatic rings. The monoisotopic (exact) mass is 229 g/mol. The molecular formula is C13H15N3O. The second-order valence-electron chi connectivity index (χ2n) is 4.33. The molecule has 0 aliphatic heterocycles. The van der Waals surface area contributed by atoms with Crippen LogP contribution >= 0.6 is 0 Å². The van der Waals surface area contributed by atoms with E-state index in [0.29, 0.717) is 12.5 Å². The highest BCUT2D eigenvalue weighted by Crippen LogP contribution is 2.38. The lowest BCUT2D eigenvalue weighted by atomic mass is 9.77. The molecule has 1 aromatic heterocycles. The standard InChI is InChI=1S/C13H15N3O/c1-17-7-6-16-9-14-15-13(16)12-8-10-4-2-3-5-11(10)12/h2-5,9,12H,6-8H2,1H3. The average molecular weight is 229 g/mol. The molecule has 17 heavy (non-hydrogen) atoms. The van der Waals surface area contributed by atoms with Crippen molar-refractivity contribution in [3.8, 4) is 0 Å². The van der Waals surface area contributed by atoms with Crippen molar-refractivity contribution < 1.29 is 4.74 Å². The van der Waals surface area contributed by atoms with Gasteiger partial charge < -0.3 is 9.30 Å². The first-order chi connectivity index (χ1) is 8.40. The van der Waals surface area contributed by atoms with E-state index in [0.717, 1.165) is 18.8 Å². The van der Waals surface area contributed by atoms with Crippen LogP contribution in [0.15, 0.2) is 30.6 Å². The van der Waals surface area contributed by atoms with Crippen molar-refractivity contribution in [2.24, 2.45) is 0 Å². The second kappa shape index (κ2) is 4.30. The summed E-state index contributed by atoms with van der Waals surface area (Å²) in [5, 5.41) is 8.26. The van der Waals surface area contributed by atoms with Crippen LogP contribution in [0.5, 0.6) is 0 Å². The molecule has 1 atom stereocenters. The van der Waals surface area contributed by atoms with Gasteiger partial charge in [-0.15, -0.1) is 10.2 Å². The molecule has 88 valence electrons. The molecule has 3 rings (SSSR count). The van der Waals surface area contributed by atoms with Gasteiger partial charge in [-0.3, -0.25) is 0 Å². The van der Waals surface area contributed by atoms with Gasteiger partial charge in [-0.25, -0.2) is 0 Å². The molecule has 2 aromatic rings. The van der Waals surface area contributed by atoms with Crippen LogP contribution in [0.3, 0.4) is 0 Å². The molecule has 4 nitrogen and oxygen atoms in total. The molecule has 0 spiro atoms. The molecule has 4 heteroatoms. The summed E-state index contributed by atoms with van der Waals surface area (Å²) in [6.45, 7) is 1.51. The Morgan fingerprint density at radius 3 is 3.12 bits per heavy atom. The van der Waals surface area contributed by atoms with Crippen LogP contribution in [-0.2, 0) is 17.7 Å². The third-order valence-electron chi connectivity index (χ3n) is 3.35. The molecule has 1 aromatic carbocycles. The van der Waals surface area contributed by atoms with E-state index in [1.165, 1.54) is 11.1 Å². The smallest absolute Gasteiger partial charge is 0.140 e. The minimum Gasteiger partial charge on any atom is -0.383 e. The molecule has 0 fully saturated rings. The maximum Gasteiger partial charge on any atom is 0.140 e. The Bertz CT molecular complexity index is 521. The summed E-state index contributed by atoms with van der Waals surface area (Å²) < 4.78 is 7.18. The summed E-state index contributed by atoms with van der Waals surface area (Å²) in [7, 11) is 1.71. The normalized spacial score (nSPS) is 17.6. The predicted octanol–water partition coefficient (Wildman–Crippen LogP) is 1.61. The van der Waals surface area contributed by atoms with Crippen molar-refractivity contribution in [1.29, 1.82) is 0 Å². The fraction of sp³-hybridized carbons (Fsp3) is 0.385. The van der Waals surface area contributed by atoms with Gasteiger partial charge in [0.2, 0.25) is 0 Å². The first kappa shape index (κ1) is 10.5. The van der Waals surface area contributed by atoms with E-state index in [9.17, 15) is 0 Å². The van der Waals surface area contributed by atoms with Crippen LogP contribution in [0.25, 0.3) is 0 Å². The van der Waals surface area contributed by atoms with Crippen LogP contribution in [0.1, 0.15) is 22.9 Å². The highest BCUT2D eigenvalue weighted by molar-refractivity contribution is 5.43. The van der Waals surface area contributed by atoms with E-state index >= 15 is 0 Å². The van der Waals surface area contributed by atoms with E-state index in [1.807, 2.05) is 0 Å². The van der Waals surface area contributed by atoms with Gasteiger partial charge in [-0.2, -0.15) is 0 Å². The fourth-order valence-corrected chi connectivity index (χ4v) is 2.38. The van der Waals surface area contributed by atoms with Gasteiger partial charge in [0.25, 0.3) is 0 Å². The van der Waals surface area contributed by atoms with Crippen LogP contribution in [0, 0.1) is 0 Å². The van der Waals surface area contributed by atoms with Crippen molar-refractivity contribution in [2.75, 3.05) is 13.7 Å². The summed E-state index contributed by atoms with van der Waals surface area (Å²) in [6, 6.07) is 8.53. The van der Waals surface area contributed by atoms with Gasteiger partial charge in [-0.1, -0.05) is 24.3 Å². The highest BCUT2D eigenvalue weighted by atomic mass is 16.5. The minimum atomic E-state index is 0.408. The lowest BCUT2D eigenvalue weighted by molar-refractivity contribution is 0.186. The Kier molecular flexibility index (Phi) is 2.65. The lowest BCUT2D eigenvalue weighted by Crippen LogP contribution is -2.22. The first-order valence-electron chi connectivity index (χ1n) is 5.84. The minimum absolute atomic E-state index is 0.408. The molecule has 0 amide bonds. The van der Waals surface area contributed by atoms with Crippen LogP contribution in [0.2, 0.25) is 0 Å². The average Bonchev–Trinajstić information content (AvgIpc) is 2.76. The van der Waals surface area contributed by atoms with Gasteiger partial charge in [0, 0.05) is 19.6 Å². The number of fused-ring (bicyclic) bond motifs is 1. The molecule has 0 bridgehead atoms. The van der Waals surface area contributed by atoms with E-state index in [2.05, 4.69) is 39.0 Å². The van der Waals surface area contributed by atoms with Crippen molar-refractivity contribution in [3.63, 3.8) is 0 Å². The van der Waals surface area contributed by atoms with Crippen molar-refractivity contribution in [1.82, 2.24) is 14.8 Å². The molecule has 1 heterocycles. The van der Waals surface area contributed by atoms with E-state index < -0.39 is 0 Å². The largest absolute Gasteiger partial charge is 0.383 e. The Hall–Kier alpha value is -1.68. The summed E-state index contributed by atoms with van der Waals surface area (Å²) in [5.74, 6) is 1.46. The van der Waals surface area contributed by atoms with Gasteiger partial charge in [0.05, 0.1) is 6.61 Å². The molecular weight excluding hydrogens is 214 g/mol. The second-order valence-corrected chi connectivity index (χ2v) is 4.33. The van der Waals surface area contributed by atoms with E-state index in [-0.39, 0.29) is 0 Å². The number of ether oxygens (including phenoxy) is 1.